The van der Waals surface area contributed by atoms with E-state index in [-0.39, 0.29) is 12.8 Å². The van der Waals surface area contributed by atoms with Gasteiger partial charge in [0.25, 0.3) is 0 Å². The average molecular weight is 874 g/mol. The molecule has 0 rings (SSSR count). The number of allylic oxidation sites excluding steroid dienone is 16. The van der Waals surface area contributed by atoms with Crippen molar-refractivity contribution in [2.24, 2.45) is 5.73 Å². The molecule has 0 saturated heterocycles. The van der Waals surface area contributed by atoms with Crippen LogP contribution in [-0.2, 0) is 37.5 Å². The summed E-state index contributed by atoms with van der Waals surface area (Å²) in [5, 5.41) is 18.9. The highest BCUT2D eigenvalue weighted by Gasteiger charge is 2.28. The first-order valence-electron chi connectivity index (χ1n) is 22.0. The Kier molecular flexibility index (Phi) is 38.8. The summed E-state index contributed by atoms with van der Waals surface area (Å²) in [6, 6.07) is -1.56. The van der Waals surface area contributed by atoms with Crippen molar-refractivity contribution in [3.05, 3.63) is 109 Å². The molecule has 0 spiro atoms. The minimum absolute atomic E-state index is 0.0310. The maximum absolute atomic E-state index is 12.6. The van der Waals surface area contributed by atoms with E-state index in [1.165, 1.54) is 38.5 Å². The van der Waals surface area contributed by atoms with Crippen LogP contribution in [-0.4, -0.2) is 71.1 Å². The molecule has 12 nitrogen and oxygen atoms in total. The zero-order valence-electron chi connectivity index (χ0n) is 36.8. The monoisotopic (exact) mass is 874 g/mol. The lowest BCUT2D eigenvalue weighted by molar-refractivity contribution is -0.161. The molecule has 0 amide bonds. The van der Waals surface area contributed by atoms with Gasteiger partial charge in [0.05, 0.1) is 19.3 Å². The van der Waals surface area contributed by atoms with E-state index in [0.29, 0.717) is 32.1 Å². The van der Waals surface area contributed by atoms with Crippen molar-refractivity contribution < 1.29 is 52.6 Å². The lowest BCUT2D eigenvalue weighted by Crippen LogP contribution is -2.34. The number of hydrogen-bond acceptors (Lipinski definition) is 10. The van der Waals surface area contributed by atoms with Gasteiger partial charge in [-0.1, -0.05) is 149 Å². The molecule has 4 atom stereocenters. The van der Waals surface area contributed by atoms with Gasteiger partial charge in [0.1, 0.15) is 12.6 Å². The Morgan fingerprint density at radius 2 is 1.08 bits per heavy atom. The van der Waals surface area contributed by atoms with Crippen molar-refractivity contribution in [3.63, 3.8) is 0 Å². The summed E-state index contributed by atoms with van der Waals surface area (Å²) >= 11 is 0. The third-order valence-electron chi connectivity index (χ3n) is 8.59. The van der Waals surface area contributed by atoms with Crippen LogP contribution in [0.15, 0.2) is 109 Å². The predicted octanol–water partition coefficient (Wildman–Crippen LogP) is 10.8. The van der Waals surface area contributed by atoms with Crippen LogP contribution in [0.3, 0.4) is 0 Å². The number of carbonyl (C=O) groups is 3. The molecule has 0 aromatic heterocycles. The number of carboxylic acid groups (broad SMARTS) is 1. The van der Waals surface area contributed by atoms with Crippen molar-refractivity contribution in [2.75, 3.05) is 19.8 Å². The van der Waals surface area contributed by atoms with Gasteiger partial charge in [0.15, 0.2) is 6.10 Å². The molecule has 0 fully saturated rings. The average Bonchev–Trinajstić information content (AvgIpc) is 3.23. The van der Waals surface area contributed by atoms with Gasteiger partial charge < -0.3 is 30.3 Å². The maximum atomic E-state index is 12.6. The van der Waals surface area contributed by atoms with Crippen molar-refractivity contribution in [2.45, 2.75) is 154 Å². The highest BCUT2D eigenvalue weighted by atomic mass is 31.2. The number of hydrogen-bond donors (Lipinski definition) is 4. The van der Waals surface area contributed by atoms with Crippen LogP contribution in [0.25, 0.3) is 0 Å². The van der Waals surface area contributed by atoms with Gasteiger partial charge in [-0.3, -0.25) is 23.4 Å². The van der Waals surface area contributed by atoms with Crippen LogP contribution in [0.5, 0.6) is 0 Å². The van der Waals surface area contributed by atoms with Gasteiger partial charge in [-0.05, 0) is 83.5 Å². The summed E-state index contributed by atoms with van der Waals surface area (Å²) in [5.41, 5.74) is 5.32. The van der Waals surface area contributed by atoms with E-state index in [4.69, 9.17) is 24.8 Å². The van der Waals surface area contributed by atoms with E-state index in [1.807, 2.05) is 54.7 Å². The first-order valence-corrected chi connectivity index (χ1v) is 23.5. The lowest BCUT2D eigenvalue weighted by atomic mass is 10.1. The molecule has 0 aliphatic heterocycles. The molecule has 344 valence electrons. The smallest absolute Gasteiger partial charge is 0.472 e. The van der Waals surface area contributed by atoms with Gasteiger partial charge in [-0.25, -0.2) is 4.57 Å². The Hall–Kier alpha value is -3.90. The molecule has 5 N–H and O–H groups in total. The SMILES string of the molecule is CCCCC/C=C\C/C=C\C/C=C\C/C=C\C/C=C\CCC(=O)OC[C@H](COP(=O)(O)OC[C@H](N)C(=O)O)OC(=O)CCC/C=C\C/C=C\C=C\[C@@H](O)C/C=C\CCCCC. The molecule has 0 aliphatic carbocycles. The molecule has 1 unspecified atom stereocenters. The number of aliphatic hydroxyl groups excluding tert-OH is 1. The van der Waals surface area contributed by atoms with Crippen LogP contribution >= 0.6 is 7.82 Å². The zero-order chi connectivity index (χ0) is 45.1. The number of aliphatic hydroxyl groups is 1. The highest BCUT2D eigenvalue weighted by molar-refractivity contribution is 7.47. The Bertz CT molecular complexity index is 1460. The van der Waals surface area contributed by atoms with E-state index >= 15 is 0 Å². The van der Waals surface area contributed by atoms with Crippen LogP contribution in [0.4, 0.5) is 0 Å². The van der Waals surface area contributed by atoms with Crippen LogP contribution in [0.2, 0.25) is 0 Å². The Morgan fingerprint density at radius 1 is 0.590 bits per heavy atom. The van der Waals surface area contributed by atoms with Crippen molar-refractivity contribution in [1.82, 2.24) is 0 Å². The Labute approximate surface area is 366 Å². The second-order valence-electron chi connectivity index (χ2n) is 14.3. The van der Waals surface area contributed by atoms with Gasteiger partial charge in [0.2, 0.25) is 0 Å². The Morgan fingerprint density at radius 3 is 1.64 bits per heavy atom. The van der Waals surface area contributed by atoms with Gasteiger partial charge in [0, 0.05) is 12.8 Å². The quantitative estimate of drug-likeness (QED) is 0.0150. The summed E-state index contributed by atoms with van der Waals surface area (Å²) in [5.74, 6) is -2.62. The fraction of sp³-hybridized carbons (Fsp3) is 0.562. The molecule has 0 heterocycles. The number of phosphoric ester groups is 1. The van der Waals surface area contributed by atoms with Crippen molar-refractivity contribution >= 4 is 25.7 Å². The zero-order valence-corrected chi connectivity index (χ0v) is 37.7. The summed E-state index contributed by atoms with van der Waals surface area (Å²) in [6.45, 7) is 2.51. The summed E-state index contributed by atoms with van der Waals surface area (Å²) < 4.78 is 32.5. The number of nitrogens with two attached hydrogens (primary N) is 1. The van der Waals surface area contributed by atoms with Crippen LogP contribution < -0.4 is 5.73 Å². The van der Waals surface area contributed by atoms with E-state index in [1.54, 1.807) is 6.08 Å². The number of aliphatic carboxylic acids is 1. The second kappa shape index (κ2) is 41.5. The molecule has 0 aromatic carbocycles. The molecular formula is C48H76NO11P. The fourth-order valence-corrected chi connectivity index (χ4v) is 5.84. The van der Waals surface area contributed by atoms with Crippen LogP contribution in [0, 0.1) is 0 Å². The molecule has 0 aliphatic rings. The largest absolute Gasteiger partial charge is 0.480 e. The maximum Gasteiger partial charge on any atom is 0.472 e. The number of esters is 2. The second-order valence-corrected chi connectivity index (χ2v) is 15.8. The molecule has 61 heavy (non-hydrogen) atoms. The molecule has 13 heteroatoms. The summed E-state index contributed by atoms with van der Waals surface area (Å²) in [7, 11) is -4.77. The number of carbonyl (C=O) groups excluding carboxylic acids is 2. The fourth-order valence-electron chi connectivity index (χ4n) is 5.06. The molecule has 0 saturated carbocycles. The number of phosphoric acid groups is 1. The summed E-state index contributed by atoms with van der Waals surface area (Å²) in [6.07, 6.45) is 50.6. The number of unbranched alkanes of at least 4 members (excludes halogenated alkanes) is 7. The molecular weight excluding hydrogens is 797 g/mol. The lowest BCUT2D eigenvalue weighted by Gasteiger charge is -2.20. The topological polar surface area (TPSA) is 192 Å². The van der Waals surface area contributed by atoms with E-state index in [0.717, 1.165) is 38.5 Å². The molecule has 0 radical (unpaired) electrons. The minimum Gasteiger partial charge on any atom is -0.480 e. The van der Waals surface area contributed by atoms with Crippen molar-refractivity contribution in [1.29, 1.82) is 0 Å². The molecule has 0 bridgehead atoms. The number of rotatable bonds is 39. The van der Waals surface area contributed by atoms with Crippen LogP contribution in [0.1, 0.15) is 136 Å². The van der Waals surface area contributed by atoms with Gasteiger partial charge in [-0.15, -0.1) is 0 Å². The third kappa shape index (κ3) is 41.2. The van der Waals surface area contributed by atoms with Gasteiger partial charge in [-0.2, -0.15) is 0 Å². The molecule has 0 aromatic rings. The minimum atomic E-state index is -4.77. The van der Waals surface area contributed by atoms with E-state index in [9.17, 15) is 28.9 Å². The normalized spacial score (nSPS) is 15.2. The first-order chi connectivity index (χ1) is 29.5. The van der Waals surface area contributed by atoms with E-state index < -0.39 is 63.8 Å². The standard InChI is InChI=1S/C48H76NO11P/c1-3-5-7-9-11-12-13-14-15-16-17-18-19-20-21-22-26-30-34-38-46(51)57-40-44(41-58-61(55,56)59-42-45(49)48(53)54)60-47(52)39-35-31-27-24-23-25-29-33-37-43(50)36-32-28-10-8-6-4-2/h11-12,14-15,17-18,20-21,24-30,32-33,37,43-45,50H,3-10,13,16,19,22-23,31,34-36,38-42,49H2,1-2H3,(H,53,54)(H,55,56)/b12-11-,15-14-,18-17-,21-20-,27-24-,29-25-,30-26-,32-28-,37-33+/t43-,44+,45-/m0/s1. The van der Waals surface area contributed by atoms with Crippen molar-refractivity contribution in [3.8, 4) is 0 Å². The van der Waals surface area contributed by atoms with Gasteiger partial charge >= 0.3 is 25.7 Å². The predicted molar refractivity (Wildman–Crippen MR) is 246 cm³/mol. The third-order valence-corrected chi connectivity index (χ3v) is 9.54. The number of carboxylic acids is 1. The van der Waals surface area contributed by atoms with E-state index in [2.05, 4.69) is 67.0 Å². The summed E-state index contributed by atoms with van der Waals surface area (Å²) in [4.78, 5) is 45.9. The Balaban J connectivity index is 4.66. The number of ether oxygens (including phenoxy) is 2. The first kappa shape index (κ1) is 57.1. The highest BCUT2D eigenvalue weighted by Crippen LogP contribution is 2.43.